The van der Waals surface area contributed by atoms with Crippen LogP contribution in [0.25, 0.3) is 5.65 Å². The highest BCUT2D eigenvalue weighted by Crippen LogP contribution is 2.32. The summed E-state index contributed by atoms with van der Waals surface area (Å²) >= 11 is 5.87. The number of fused-ring (bicyclic) bond motifs is 3. The Bertz CT molecular complexity index is 701. The van der Waals surface area contributed by atoms with Crippen molar-refractivity contribution in [1.82, 2.24) is 19.5 Å². The minimum Gasteiger partial charge on any atom is -0.369 e. The summed E-state index contributed by atoms with van der Waals surface area (Å²) in [5, 5.41) is 4.48. The predicted molar refractivity (Wildman–Crippen MR) is 83.5 cm³/mol. The predicted octanol–water partition coefficient (Wildman–Crippen LogP) is 1.43. The Morgan fingerprint density at radius 2 is 1.86 bits per heavy atom. The first-order chi connectivity index (χ1) is 10.7. The number of pyridine rings is 1. The Balaban J connectivity index is 1.38. The first-order valence-corrected chi connectivity index (χ1v) is 8.29. The number of rotatable bonds is 2. The number of nitrogens with zero attached hydrogens (tertiary/aromatic N) is 5. The second-order valence-electron chi connectivity index (χ2n) is 6.54. The van der Waals surface area contributed by atoms with E-state index in [1.807, 2.05) is 12.3 Å². The summed E-state index contributed by atoms with van der Waals surface area (Å²) in [6, 6.07) is 4.89. The molecular formula is C15H18ClN5O. The molecule has 7 heteroatoms. The van der Waals surface area contributed by atoms with Crippen LogP contribution in [0.3, 0.4) is 0 Å². The van der Waals surface area contributed by atoms with Gasteiger partial charge in [0.2, 0.25) is 5.28 Å². The summed E-state index contributed by atoms with van der Waals surface area (Å²) in [5.41, 5.74) is 1.94. The zero-order valence-corrected chi connectivity index (χ0v) is 13.0. The molecule has 2 unspecified atom stereocenters. The number of aromatic nitrogens is 3. The second-order valence-corrected chi connectivity index (χ2v) is 6.88. The molecule has 2 aromatic rings. The zero-order valence-electron chi connectivity index (χ0n) is 12.2. The standard InChI is InChI=1S/C15H18ClN5O/c16-15-17-14-4-3-11(5-21(14)18-15)20-8-12-6-19(10-1-2-10)7-13(9-20)22-12/h3-5,10,12-13H,1-2,6-9H2. The van der Waals surface area contributed by atoms with E-state index in [9.17, 15) is 0 Å². The first-order valence-electron chi connectivity index (χ1n) is 7.91. The molecule has 2 saturated heterocycles. The number of anilines is 1. The summed E-state index contributed by atoms with van der Waals surface area (Å²) in [6.07, 6.45) is 5.36. The number of hydrogen-bond acceptors (Lipinski definition) is 5. The Kier molecular flexibility index (Phi) is 2.87. The van der Waals surface area contributed by atoms with E-state index in [1.165, 1.54) is 12.8 Å². The van der Waals surface area contributed by atoms with Gasteiger partial charge in [-0.2, -0.15) is 4.98 Å². The molecule has 4 heterocycles. The fourth-order valence-corrected chi connectivity index (χ4v) is 3.87. The van der Waals surface area contributed by atoms with Crippen LogP contribution in [0.5, 0.6) is 0 Å². The van der Waals surface area contributed by atoms with Gasteiger partial charge in [-0.1, -0.05) is 0 Å². The summed E-state index contributed by atoms with van der Waals surface area (Å²) in [4.78, 5) is 9.18. The fraction of sp³-hybridized carbons (Fsp3) is 0.600. The van der Waals surface area contributed by atoms with E-state index >= 15 is 0 Å². The molecule has 2 atom stereocenters. The van der Waals surface area contributed by atoms with Crippen molar-refractivity contribution >= 4 is 22.9 Å². The molecule has 22 heavy (non-hydrogen) atoms. The van der Waals surface area contributed by atoms with Crippen molar-refractivity contribution in [3.05, 3.63) is 23.6 Å². The van der Waals surface area contributed by atoms with Crippen LogP contribution < -0.4 is 4.90 Å². The van der Waals surface area contributed by atoms with Crippen LogP contribution in [0.15, 0.2) is 18.3 Å². The Hall–Kier alpha value is -1.37. The highest BCUT2D eigenvalue weighted by atomic mass is 35.5. The van der Waals surface area contributed by atoms with Gasteiger partial charge in [0.1, 0.15) is 0 Å². The highest BCUT2D eigenvalue weighted by molar-refractivity contribution is 6.28. The average molecular weight is 320 g/mol. The maximum absolute atomic E-state index is 6.13. The molecule has 2 bridgehead atoms. The van der Waals surface area contributed by atoms with Gasteiger partial charge in [0, 0.05) is 32.2 Å². The molecule has 1 saturated carbocycles. The van der Waals surface area contributed by atoms with Gasteiger partial charge in [0.15, 0.2) is 5.65 Å². The topological polar surface area (TPSA) is 45.9 Å². The van der Waals surface area contributed by atoms with Crippen LogP contribution in [0.2, 0.25) is 5.28 Å². The van der Waals surface area contributed by atoms with Crippen LogP contribution >= 0.6 is 11.6 Å². The molecule has 5 rings (SSSR count). The van der Waals surface area contributed by atoms with Crippen molar-refractivity contribution in [2.24, 2.45) is 0 Å². The van der Waals surface area contributed by atoms with Crippen molar-refractivity contribution in [3.8, 4) is 0 Å². The molecule has 3 fully saturated rings. The van der Waals surface area contributed by atoms with Crippen LogP contribution in [0.1, 0.15) is 12.8 Å². The number of morpholine rings is 2. The molecule has 3 aliphatic rings. The molecule has 0 amide bonds. The van der Waals surface area contributed by atoms with Crippen LogP contribution in [0.4, 0.5) is 5.69 Å². The fourth-order valence-electron chi connectivity index (χ4n) is 3.70. The quantitative estimate of drug-likeness (QED) is 0.838. The Morgan fingerprint density at radius 3 is 2.59 bits per heavy atom. The van der Waals surface area contributed by atoms with Gasteiger partial charge in [-0.3, -0.25) is 4.90 Å². The molecule has 0 radical (unpaired) electrons. The summed E-state index contributed by atoms with van der Waals surface area (Å²) in [7, 11) is 0. The van der Waals surface area contributed by atoms with Gasteiger partial charge >= 0.3 is 0 Å². The third-order valence-corrected chi connectivity index (χ3v) is 4.99. The summed E-state index contributed by atoms with van der Waals surface area (Å²) in [5.74, 6) is 0. The van der Waals surface area contributed by atoms with Crippen molar-refractivity contribution in [1.29, 1.82) is 0 Å². The van der Waals surface area contributed by atoms with Gasteiger partial charge < -0.3 is 9.64 Å². The second kappa shape index (κ2) is 4.81. The maximum atomic E-state index is 6.13. The monoisotopic (exact) mass is 319 g/mol. The number of hydrogen-bond donors (Lipinski definition) is 0. The Morgan fingerprint density at radius 1 is 1.09 bits per heavy atom. The Labute approximate surface area is 133 Å². The lowest BCUT2D eigenvalue weighted by molar-refractivity contribution is -0.0964. The lowest BCUT2D eigenvalue weighted by atomic mass is 10.1. The minimum absolute atomic E-state index is 0.288. The van der Waals surface area contributed by atoms with Crippen molar-refractivity contribution in [2.75, 3.05) is 31.1 Å². The maximum Gasteiger partial charge on any atom is 0.243 e. The molecule has 2 aliphatic heterocycles. The van der Waals surface area contributed by atoms with Gasteiger partial charge in [-0.25, -0.2) is 4.52 Å². The number of ether oxygens (including phenoxy) is 1. The summed E-state index contributed by atoms with van der Waals surface area (Å²) in [6.45, 7) is 4.01. The molecule has 2 aromatic heterocycles. The van der Waals surface area contributed by atoms with Crippen molar-refractivity contribution in [2.45, 2.75) is 31.1 Å². The summed E-state index contributed by atoms with van der Waals surface area (Å²) < 4.78 is 7.88. The lowest BCUT2D eigenvalue weighted by Gasteiger charge is -2.46. The van der Waals surface area contributed by atoms with E-state index < -0.39 is 0 Å². The van der Waals surface area contributed by atoms with E-state index in [2.05, 4.69) is 25.9 Å². The molecule has 116 valence electrons. The smallest absolute Gasteiger partial charge is 0.243 e. The zero-order chi connectivity index (χ0) is 14.7. The largest absolute Gasteiger partial charge is 0.369 e. The van der Waals surface area contributed by atoms with E-state index in [-0.39, 0.29) is 5.28 Å². The third kappa shape index (κ3) is 2.26. The van der Waals surface area contributed by atoms with E-state index in [0.29, 0.717) is 12.2 Å². The number of halogens is 1. The minimum atomic E-state index is 0.288. The third-order valence-electron chi connectivity index (χ3n) is 4.83. The van der Waals surface area contributed by atoms with Gasteiger partial charge in [0.05, 0.1) is 24.1 Å². The van der Waals surface area contributed by atoms with Crippen LogP contribution in [-0.2, 0) is 4.74 Å². The van der Waals surface area contributed by atoms with E-state index in [4.69, 9.17) is 16.3 Å². The molecule has 0 spiro atoms. The highest BCUT2D eigenvalue weighted by Gasteiger charge is 2.40. The van der Waals surface area contributed by atoms with E-state index in [0.717, 1.165) is 43.6 Å². The van der Waals surface area contributed by atoms with Crippen molar-refractivity contribution in [3.63, 3.8) is 0 Å². The SMILES string of the molecule is Clc1nc2ccc(N3CC4CN(C5CC5)CC(C3)O4)cn2n1. The first kappa shape index (κ1) is 13.1. The van der Waals surface area contributed by atoms with Gasteiger partial charge in [0.25, 0.3) is 0 Å². The van der Waals surface area contributed by atoms with E-state index in [1.54, 1.807) is 4.52 Å². The van der Waals surface area contributed by atoms with Crippen LogP contribution in [-0.4, -0.2) is 63.9 Å². The molecule has 0 aromatic carbocycles. The molecule has 6 nitrogen and oxygen atoms in total. The molecular weight excluding hydrogens is 302 g/mol. The molecule has 1 aliphatic carbocycles. The van der Waals surface area contributed by atoms with Gasteiger partial charge in [-0.05, 0) is 36.6 Å². The normalized spacial score (nSPS) is 29.2. The average Bonchev–Trinajstić information content (AvgIpc) is 3.27. The van der Waals surface area contributed by atoms with Crippen LogP contribution in [0, 0.1) is 0 Å². The van der Waals surface area contributed by atoms with Crippen molar-refractivity contribution < 1.29 is 4.74 Å². The van der Waals surface area contributed by atoms with Gasteiger partial charge in [-0.15, -0.1) is 5.10 Å². The lowest BCUT2D eigenvalue weighted by Crippen LogP contribution is -2.60. The molecule has 0 N–H and O–H groups in total.